The first-order valence-electron chi connectivity index (χ1n) is 10.1. The number of rotatable bonds is 7. The Morgan fingerprint density at radius 2 is 1.91 bits per heavy atom. The molecule has 0 atom stereocenters. The van der Waals surface area contributed by atoms with Gasteiger partial charge < -0.3 is 0 Å². The number of sulfonamides is 1. The Bertz CT molecular complexity index is 1490. The number of benzene rings is 1. The average Bonchev–Trinajstić information content (AvgIpc) is 3.16. The van der Waals surface area contributed by atoms with Gasteiger partial charge in [-0.25, -0.2) is 31.3 Å². The minimum Gasteiger partial charge on any atom is -0.291 e. The molecule has 0 saturated heterocycles. The molecule has 0 radical (unpaired) electrons. The van der Waals surface area contributed by atoms with Crippen molar-refractivity contribution in [2.24, 2.45) is 0 Å². The van der Waals surface area contributed by atoms with E-state index in [2.05, 4.69) is 16.0 Å². The van der Waals surface area contributed by atoms with Gasteiger partial charge >= 0.3 is 0 Å². The zero-order chi connectivity index (χ0) is 24.5. The number of nitrogens with zero attached hydrogens (tertiary/aromatic N) is 4. The van der Waals surface area contributed by atoms with Gasteiger partial charge in [0.2, 0.25) is 10.0 Å². The second kappa shape index (κ2) is 9.24. The van der Waals surface area contributed by atoms with Gasteiger partial charge in [0, 0.05) is 17.8 Å². The number of nitrogens with one attached hydrogen (secondary N) is 1. The van der Waals surface area contributed by atoms with Crippen LogP contribution >= 0.6 is 0 Å². The van der Waals surface area contributed by atoms with Crippen molar-refractivity contribution in [2.45, 2.75) is 17.9 Å². The van der Waals surface area contributed by atoms with Crippen LogP contribution in [0.2, 0.25) is 0 Å². The Hall–Kier alpha value is -3.75. The maximum atomic E-state index is 14.4. The molecule has 0 aliphatic rings. The van der Waals surface area contributed by atoms with Gasteiger partial charge in [-0.3, -0.25) is 9.55 Å². The van der Waals surface area contributed by atoms with E-state index in [-0.39, 0.29) is 16.2 Å². The number of alkyl halides is 2. The van der Waals surface area contributed by atoms with Crippen LogP contribution < -0.4 is 4.72 Å². The quantitative estimate of drug-likeness (QED) is 0.427. The molecule has 7 nitrogen and oxygen atoms in total. The summed E-state index contributed by atoms with van der Waals surface area (Å²) in [4.78, 5) is 8.26. The predicted octanol–water partition coefficient (Wildman–Crippen LogP) is 3.99. The van der Waals surface area contributed by atoms with Crippen LogP contribution in [0.1, 0.15) is 11.1 Å². The number of aryl methyl sites for hydroxylation is 1. The van der Waals surface area contributed by atoms with Crippen molar-refractivity contribution in [2.75, 3.05) is 13.3 Å². The molecule has 11 heteroatoms. The van der Waals surface area contributed by atoms with E-state index in [1.807, 2.05) is 4.72 Å². The maximum Gasteiger partial charge on any atom is 0.242 e. The second-order valence-corrected chi connectivity index (χ2v) is 9.20. The predicted molar refractivity (Wildman–Crippen MR) is 120 cm³/mol. The van der Waals surface area contributed by atoms with Gasteiger partial charge in [-0.15, -0.1) is 0 Å². The zero-order valence-corrected chi connectivity index (χ0v) is 18.7. The van der Waals surface area contributed by atoms with E-state index < -0.39 is 35.2 Å². The molecular weight excluding hydrogens is 467 g/mol. The summed E-state index contributed by atoms with van der Waals surface area (Å²) in [6.45, 7) is -0.802. The molecule has 0 spiro atoms. The molecule has 3 aromatic heterocycles. The molecule has 4 aromatic rings. The van der Waals surface area contributed by atoms with E-state index in [4.69, 9.17) is 0 Å². The minimum atomic E-state index is -4.22. The van der Waals surface area contributed by atoms with E-state index in [0.29, 0.717) is 28.0 Å². The molecule has 34 heavy (non-hydrogen) atoms. The van der Waals surface area contributed by atoms with Gasteiger partial charge in [0.25, 0.3) is 0 Å². The molecule has 174 valence electrons. The lowest BCUT2D eigenvalue weighted by molar-refractivity contribution is 0.334. The Morgan fingerprint density at radius 1 is 1.15 bits per heavy atom. The van der Waals surface area contributed by atoms with Crippen molar-refractivity contribution < 1.29 is 21.6 Å². The summed E-state index contributed by atoms with van der Waals surface area (Å²) >= 11 is 0. The highest BCUT2D eigenvalue weighted by Gasteiger charge is 2.24. The van der Waals surface area contributed by atoms with Crippen LogP contribution in [0.4, 0.5) is 13.2 Å². The van der Waals surface area contributed by atoms with E-state index in [1.165, 1.54) is 18.2 Å². The molecule has 0 aliphatic carbocycles. The number of halogens is 3. The number of aromatic nitrogens is 3. The molecule has 0 fully saturated rings. The Labute approximate surface area is 193 Å². The first-order valence-corrected chi connectivity index (χ1v) is 11.6. The molecular formula is C23H18F3N5O2S. The molecule has 0 aliphatic heterocycles. The molecule has 0 unspecified atom stereocenters. The van der Waals surface area contributed by atoms with Crippen LogP contribution in [0.3, 0.4) is 0 Å². The summed E-state index contributed by atoms with van der Waals surface area (Å²) < 4.78 is 68.4. The number of hydrogen-bond acceptors (Lipinski definition) is 5. The third-order valence-electron chi connectivity index (χ3n) is 5.22. The second-order valence-electron chi connectivity index (χ2n) is 7.48. The minimum absolute atomic E-state index is 0.135. The summed E-state index contributed by atoms with van der Waals surface area (Å²) in [6, 6.07) is 11.2. The topological polar surface area (TPSA) is 101 Å². The lowest BCUT2D eigenvalue weighted by atomic mass is 10.1. The van der Waals surface area contributed by atoms with Crippen molar-refractivity contribution in [3.8, 4) is 23.3 Å². The number of nitriles is 1. The van der Waals surface area contributed by atoms with Crippen molar-refractivity contribution in [3.63, 3.8) is 0 Å². The maximum absolute atomic E-state index is 14.4. The number of pyridine rings is 2. The third kappa shape index (κ3) is 4.13. The standard InChI is InChI=1S/C23H18F3N5O2S/c1-14-8-21-17(9-19(14)26)18(12-27)23(31(21)22-4-2-3-7-28-22)20-6-5-16(13-29-20)34(32,33)30-15(10-24)11-25/h2-9,13,15,30H,10-11H2,1H3. The van der Waals surface area contributed by atoms with Crippen molar-refractivity contribution in [1.82, 2.24) is 19.3 Å². The summed E-state index contributed by atoms with van der Waals surface area (Å²) in [5, 5.41) is 10.3. The summed E-state index contributed by atoms with van der Waals surface area (Å²) in [6.07, 6.45) is 2.59. The van der Waals surface area contributed by atoms with Gasteiger partial charge in [0.1, 0.15) is 35.9 Å². The number of fused-ring (bicyclic) bond motifs is 1. The normalized spacial score (nSPS) is 11.8. The van der Waals surface area contributed by atoms with Crippen molar-refractivity contribution in [1.29, 1.82) is 5.26 Å². The van der Waals surface area contributed by atoms with Crippen LogP contribution in [0.5, 0.6) is 0 Å². The lowest BCUT2D eigenvalue weighted by Crippen LogP contribution is -2.37. The Balaban J connectivity index is 1.92. The van der Waals surface area contributed by atoms with Gasteiger partial charge in [0.15, 0.2) is 0 Å². The molecule has 1 N–H and O–H groups in total. The fraction of sp³-hybridized carbons (Fsp3) is 0.174. The van der Waals surface area contributed by atoms with Gasteiger partial charge in [-0.2, -0.15) is 5.26 Å². The Kier molecular flexibility index (Phi) is 6.37. The van der Waals surface area contributed by atoms with Gasteiger partial charge in [0.05, 0.1) is 28.5 Å². The SMILES string of the molecule is Cc1cc2c(cc1F)c(C#N)c(-c1ccc(S(=O)(=O)NC(CF)CF)cn1)n2-c1ccccn1. The first kappa shape index (κ1) is 23.4. The molecule has 1 aromatic carbocycles. The summed E-state index contributed by atoms with van der Waals surface area (Å²) in [7, 11) is -4.22. The van der Waals surface area contributed by atoms with Crippen molar-refractivity contribution in [3.05, 3.63) is 71.8 Å². The fourth-order valence-electron chi connectivity index (χ4n) is 3.56. The van der Waals surface area contributed by atoms with E-state index >= 15 is 0 Å². The molecule has 0 amide bonds. The summed E-state index contributed by atoms with van der Waals surface area (Å²) in [5.74, 6) is -0.0339. The molecule has 0 bridgehead atoms. The number of hydrogen-bond donors (Lipinski definition) is 1. The van der Waals surface area contributed by atoms with Gasteiger partial charge in [-0.1, -0.05) is 6.07 Å². The van der Waals surface area contributed by atoms with E-state index in [0.717, 1.165) is 6.20 Å². The average molecular weight is 485 g/mol. The van der Waals surface area contributed by atoms with E-state index in [9.17, 15) is 26.9 Å². The van der Waals surface area contributed by atoms with Gasteiger partial charge in [-0.05, 0) is 48.9 Å². The highest BCUT2D eigenvalue weighted by atomic mass is 32.2. The highest BCUT2D eigenvalue weighted by molar-refractivity contribution is 7.89. The lowest BCUT2D eigenvalue weighted by Gasteiger charge is -2.13. The van der Waals surface area contributed by atoms with Crippen molar-refractivity contribution >= 4 is 20.9 Å². The highest BCUT2D eigenvalue weighted by Crippen LogP contribution is 2.36. The van der Waals surface area contributed by atoms with Crippen LogP contribution in [-0.2, 0) is 10.0 Å². The summed E-state index contributed by atoms with van der Waals surface area (Å²) in [5.41, 5.74) is 1.55. The molecule has 0 saturated carbocycles. The largest absolute Gasteiger partial charge is 0.291 e. The molecule has 4 rings (SSSR count). The van der Waals surface area contributed by atoms with E-state index in [1.54, 1.807) is 42.0 Å². The van der Waals surface area contributed by atoms with Crippen LogP contribution in [-0.4, -0.2) is 42.3 Å². The van der Waals surface area contributed by atoms with Crippen LogP contribution in [0.25, 0.3) is 28.1 Å². The monoisotopic (exact) mass is 485 g/mol. The first-order chi connectivity index (χ1) is 16.3. The van der Waals surface area contributed by atoms with Crippen LogP contribution in [0, 0.1) is 24.1 Å². The Morgan fingerprint density at radius 3 is 2.50 bits per heavy atom. The smallest absolute Gasteiger partial charge is 0.242 e. The fourth-order valence-corrected chi connectivity index (χ4v) is 4.70. The molecule has 3 heterocycles. The zero-order valence-electron chi connectivity index (χ0n) is 17.8. The van der Waals surface area contributed by atoms with Crippen LogP contribution in [0.15, 0.2) is 59.8 Å². The third-order valence-corrected chi connectivity index (χ3v) is 6.73.